The molecule has 4 nitrogen and oxygen atoms in total. The predicted molar refractivity (Wildman–Crippen MR) is 74.6 cm³/mol. The fourth-order valence-corrected chi connectivity index (χ4v) is 1.85. The summed E-state index contributed by atoms with van der Waals surface area (Å²) in [5.74, 6) is 1.36. The molecule has 0 unspecified atom stereocenters. The van der Waals surface area contributed by atoms with E-state index in [2.05, 4.69) is 36.8 Å². The second-order valence-electron chi connectivity index (χ2n) is 5.09. The van der Waals surface area contributed by atoms with Crippen LogP contribution in [0, 0.1) is 5.92 Å². The average Bonchev–Trinajstić information content (AvgIpc) is 2.30. The molecule has 0 atom stereocenters. The van der Waals surface area contributed by atoms with Crippen LogP contribution in [0.1, 0.15) is 25.8 Å². The van der Waals surface area contributed by atoms with E-state index in [0.717, 1.165) is 19.5 Å². The Morgan fingerprint density at radius 1 is 1.39 bits per heavy atom. The Morgan fingerprint density at radius 2 is 2.17 bits per heavy atom. The zero-order chi connectivity index (χ0) is 13.4. The molecule has 1 heterocycles. The molecular formula is C14H25N3O. The minimum absolute atomic E-state index is 0.635. The number of aromatic nitrogens is 1. The fourth-order valence-electron chi connectivity index (χ4n) is 1.85. The lowest BCUT2D eigenvalue weighted by molar-refractivity contribution is 0.286. The van der Waals surface area contributed by atoms with Crippen molar-refractivity contribution in [2.75, 3.05) is 26.7 Å². The highest BCUT2D eigenvalue weighted by Gasteiger charge is 2.03. The molecule has 102 valence electrons. The highest BCUT2D eigenvalue weighted by Crippen LogP contribution is 2.10. The van der Waals surface area contributed by atoms with Crippen molar-refractivity contribution in [2.45, 2.75) is 26.8 Å². The normalized spacial score (nSPS) is 11.2. The van der Waals surface area contributed by atoms with Crippen molar-refractivity contribution < 1.29 is 4.74 Å². The molecule has 18 heavy (non-hydrogen) atoms. The van der Waals surface area contributed by atoms with Gasteiger partial charge in [-0.05, 0) is 31.5 Å². The molecule has 0 aliphatic carbocycles. The van der Waals surface area contributed by atoms with Crippen LogP contribution in [0.4, 0.5) is 0 Å². The molecule has 1 aromatic heterocycles. The molecule has 0 aliphatic rings. The summed E-state index contributed by atoms with van der Waals surface area (Å²) in [7, 11) is 2.13. The number of nitrogens with zero attached hydrogens (tertiary/aromatic N) is 2. The van der Waals surface area contributed by atoms with Gasteiger partial charge in [0, 0.05) is 25.4 Å². The molecular weight excluding hydrogens is 226 g/mol. The van der Waals surface area contributed by atoms with Gasteiger partial charge in [-0.25, -0.2) is 4.98 Å². The van der Waals surface area contributed by atoms with E-state index in [0.29, 0.717) is 24.9 Å². The van der Waals surface area contributed by atoms with E-state index in [1.165, 1.54) is 5.56 Å². The number of hydrogen-bond donors (Lipinski definition) is 1. The Morgan fingerprint density at radius 3 is 2.72 bits per heavy atom. The molecule has 0 aliphatic heterocycles. The van der Waals surface area contributed by atoms with Crippen LogP contribution >= 0.6 is 0 Å². The monoisotopic (exact) mass is 251 g/mol. The van der Waals surface area contributed by atoms with Crippen LogP contribution in [0.5, 0.6) is 5.88 Å². The topological polar surface area (TPSA) is 51.4 Å². The maximum atomic E-state index is 5.47. The quantitative estimate of drug-likeness (QED) is 0.717. The van der Waals surface area contributed by atoms with E-state index in [9.17, 15) is 0 Å². The predicted octanol–water partition coefficient (Wildman–Crippen LogP) is 1.90. The van der Waals surface area contributed by atoms with Gasteiger partial charge in [-0.1, -0.05) is 19.9 Å². The van der Waals surface area contributed by atoms with Crippen molar-refractivity contribution in [1.82, 2.24) is 9.88 Å². The van der Waals surface area contributed by atoms with E-state index in [-0.39, 0.29) is 0 Å². The van der Waals surface area contributed by atoms with Crippen LogP contribution < -0.4 is 10.5 Å². The first-order valence-electron chi connectivity index (χ1n) is 6.58. The molecule has 0 bridgehead atoms. The fraction of sp³-hybridized carbons (Fsp3) is 0.643. The second-order valence-corrected chi connectivity index (χ2v) is 5.09. The zero-order valence-corrected chi connectivity index (χ0v) is 11.7. The molecule has 1 rings (SSSR count). The van der Waals surface area contributed by atoms with Crippen LogP contribution in [0.25, 0.3) is 0 Å². The van der Waals surface area contributed by atoms with Gasteiger partial charge in [0.15, 0.2) is 0 Å². The lowest BCUT2D eigenvalue weighted by Crippen LogP contribution is -2.22. The molecule has 0 saturated heterocycles. The van der Waals surface area contributed by atoms with Gasteiger partial charge in [0.2, 0.25) is 5.88 Å². The molecule has 0 aromatic carbocycles. The van der Waals surface area contributed by atoms with E-state index < -0.39 is 0 Å². The van der Waals surface area contributed by atoms with Crippen LogP contribution in [0.3, 0.4) is 0 Å². The van der Waals surface area contributed by atoms with Gasteiger partial charge < -0.3 is 15.4 Å². The highest BCUT2D eigenvalue weighted by molar-refractivity contribution is 5.17. The van der Waals surface area contributed by atoms with Crippen LogP contribution in [0.2, 0.25) is 0 Å². The van der Waals surface area contributed by atoms with E-state index in [1.54, 1.807) is 0 Å². The maximum absolute atomic E-state index is 5.47. The third kappa shape index (κ3) is 5.98. The Hall–Kier alpha value is -1.13. The van der Waals surface area contributed by atoms with Crippen molar-refractivity contribution in [2.24, 2.45) is 11.7 Å². The van der Waals surface area contributed by atoms with Gasteiger partial charge in [0.05, 0.1) is 6.61 Å². The number of pyridine rings is 1. The zero-order valence-electron chi connectivity index (χ0n) is 11.7. The Balaban J connectivity index is 2.39. The summed E-state index contributed by atoms with van der Waals surface area (Å²) in [6.45, 7) is 7.75. The minimum Gasteiger partial charge on any atom is -0.478 e. The molecule has 1 aromatic rings. The summed E-state index contributed by atoms with van der Waals surface area (Å²) in [6.07, 6.45) is 2.75. The van der Waals surface area contributed by atoms with Crippen molar-refractivity contribution >= 4 is 0 Å². The van der Waals surface area contributed by atoms with Crippen LogP contribution in [-0.2, 0) is 6.54 Å². The molecule has 0 fully saturated rings. The Kier molecular flexibility index (Phi) is 6.68. The molecule has 4 heteroatoms. The largest absolute Gasteiger partial charge is 0.478 e. The standard InChI is InChI=1S/C14H25N3O/c1-12(2)10-17(3)11-13-5-6-14(16-9-13)18-8-4-7-15/h5-6,9,12H,4,7-8,10-11,15H2,1-3H3. The van der Waals surface area contributed by atoms with Gasteiger partial charge in [-0.2, -0.15) is 0 Å². The van der Waals surface area contributed by atoms with Gasteiger partial charge in [-0.3, -0.25) is 0 Å². The van der Waals surface area contributed by atoms with Gasteiger partial charge in [-0.15, -0.1) is 0 Å². The van der Waals surface area contributed by atoms with E-state index >= 15 is 0 Å². The number of nitrogens with two attached hydrogens (primary N) is 1. The summed E-state index contributed by atoms with van der Waals surface area (Å²) in [6, 6.07) is 4.00. The minimum atomic E-state index is 0.635. The van der Waals surface area contributed by atoms with Gasteiger partial charge in [0.25, 0.3) is 0 Å². The first-order valence-corrected chi connectivity index (χ1v) is 6.58. The molecule has 0 radical (unpaired) electrons. The first-order chi connectivity index (χ1) is 8.61. The molecule has 2 N–H and O–H groups in total. The van der Waals surface area contributed by atoms with Crippen molar-refractivity contribution in [3.63, 3.8) is 0 Å². The third-order valence-corrected chi connectivity index (χ3v) is 2.53. The maximum Gasteiger partial charge on any atom is 0.213 e. The first kappa shape index (κ1) is 14.9. The second kappa shape index (κ2) is 8.06. The lowest BCUT2D eigenvalue weighted by Gasteiger charge is -2.18. The SMILES string of the molecule is CC(C)CN(C)Cc1ccc(OCCCN)nc1. The van der Waals surface area contributed by atoms with Crippen molar-refractivity contribution in [3.8, 4) is 5.88 Å². The summed E-state index contributed by atoms with van der Waals surface area (Å²) >= 11 is 0. The number of hydrogen-bond acceptors (Lipinski definition) is 4. The third-order valence-electron chi connectivity index (χ3n) is 2.53. The molecule has 0 amide bonds. The summed E-state index contributed by atoms with van der Waals surface area (Å²) in [4.78, 5) is 6.60. The van der Waals surface area contributed by atoms with Crippen molar-refractivity contribution in [1.29, 1.82) is 0 Å². The van der Waals surface area contributed by atoms with E-state index in [4.69, 9.17) is 10.5 Å². The van der Waals surface area contributed by atoms with Gasteiger partial charge in [0.1, 0.15) is 0 Å². The molecule has 0 saturated carbocycles. The Labute approximate surface area is 110 Å². The summed E-state index contributed by atoms with van der Waals surface area (Å²) in [5, 5.41) is 0. The summed E-state index contributed by atoms with van der Waals surface area (Å²) < 4.78 is 5.47. The van der Waals surface area contributed by atoms with E-state index in [1.807, 2.05) is 12.3 Å². The lowest BCUT2D eigenvalue weighted by atomic mass is 10.2. The van der Waals surface area contributed by atoms with Crippen LogP contribution in [-0.4, -0.2) is 36.6 Å². The Bertz CT molecular complexity index is 324. The van der Waals surface area contributed by atoms with Gasteiger partial charge >= 0.3 is 0 Å². The van der Waals surface area contributed by atoms with Crippen LogP contribution in [0.15, 0.2) is 18.3 Å². The molecule has 0 spiro atoms. The average molecular weight is 251 g/mol. The number of ether oxygens (including phenoxy) is 1. The highest BCUT2D eigenvalue weighted by atomic mass is 16.5. The number of rotatable bonds is 8. The summed E-state index contributed by atoms with van der Waals surface area (Å²) in [5.41, 5.74) is 6.62. The smallest absolute Gasteiger partial charge is 0.213 e. The van der Waals surface area contributed by atoms with Crippen molar-refractivity contribution in [3.05, 3.63) is 23.9 Å².